The van der Waals surface area contributed by atoms with Crippen molar-refractivity contribution in [2.75, 3.05) is 5.75 Å². The Kier molecular flexibility index (Phi) is 5.61. The molecule has 1 amide bonds. The van der Waals surface area contributed by atoms with E-state index in [2.05, 4.69) is 5.32 Å². The van der Waals surface area contributed by atoms with Crippen molar-refractivity contribution in [1.82, 2.24) is 5.32 Å². The quantitative estimate of drug-likeness (QED) is 0.645. The van der Waals surface area contributed by atoms with E-state index in [4.69, 9.17) is 0 Å². The van der Waals surface area contributed by atoms with Crippen molar-refractivity contribution in [3.63, 3.8) is 0 Å². The maximum absolute atomic E-state index is 11.9. The highest BCUT2D eigenvalue weighted by atomic mass is 32.2. The summed E-state index contributed by atoms with van der Waals surface area (Å²) in [5.41, 5.74) is 0.971. The van der Waals surface area contributed by atoms with Gasteiger partial charge in [0, 0.05) is 23.4 Å². The van der Waals surface area contributed by atoms with E-state index in [9.17, 15) is 14.9 Å². The standard InChI is InChI=1S/C15H20N2O3S/c1-11(12-5-4-8-14(9-12)17(19)20)21-10-15(18)16-13-6-2-3-7-13/h4-5,8-9,11,13H,2-3,6-7,10H2,1H3,(H,16,18)/t11-/m0/s1. The second-order valence-electron chi connectivity index (χ2n) is 5.35. The highest BCUT2D eigenvalue weighted by molar-refractivity contribution is 8.00. The number of carbonyl (C=O) groups excluding carboxylic acids is 1. The van der Waals surface area contributed by atoms with Gasteiger partial charge in [-0.2, -0.15) is 0 Å². The van der Waals surface area contributed by atoms with E-state index >= 15 is 0 Å². The SMILES string of the molecule is C[C@H](SCC(=O)NC1CCCC1)c1cccc([N+](=O)[O-])c1. The van der Waals surface area contributed by atoms with Crippen LogP contribution in [-0.4, -0.2) is 22.6 Å². The Hall–Kier alpha value is -1.56. The molecule has 0 unspecified atom stereocenters. The largest absolute Gasteiger partial charge is 0.353 e. The molecule has 1 N–H and O–H groups in total. The van der Waals surface area contributed by atoms with Crippen LogP contribution in [0.2, 0.25) is 0 Å². The predicted molar refractivity (Wildman–Crippen MR) is 84.4 cm³/mol. The third kappa shape index (κ3) is 4.74. The van der Waals surface area contributed by atoms with Crippen molar-refractivity contribution in [3.05, 3.63) is 39.9 Å². The molecular formula is C15H20N2O3S. The monoisotopic (exact) mass is 308 g/mol. The second kappa shape index (κ2) is 7.45. The number of nitro benzene ring substituents is 1. The molecule has 0 bridgehead atoms. The number of carbonyl (C=O) groups is 1. The molecule has 1 aliphatic rings. The Morgan fingerprint density at radius 1 is 1.48 bits per heavy atom. The predicted octanol–water partition coefficient (Wildman–Crippen LogP) is 3.45. The van der Waals surface area contributed by atoms with Gasteiger partial charge in [-0.15, -0.1) is 11.8 Å². The van der Waals surface area contributed by atoms with Crippen LogP contribution in [0.1, 0.15) is 43.4 Å². The van der Waals surface area contributed by atoms with Crippen molar-refractivity contribution in [3.8, 4) is 0 Å². The number of nitrogens with zero attached hydrogens (tertiary/aromatic N) is 1. The van der Waals surface area contributed by atoms with Gasteiger partial charge in [0.25, 0.3) is 5.69 Å². The van der Waals surface area contributed by atoms with E-state index in [-0.39, 0.29) is 16.8 Å². The first kappa shape index (κ1) is 15.8. The van der Waals surface area contributed by atoms with Crippen molar-refractivity contribution in [2.24, 2.45) is 0 Å². The molecule has 21 heavy (non-hydrogen) atoms. The third-order valence-electron chi connectivity index (χ3n) is 3.74. The lowest BCUT2D eigenvalue weighted by atomic mass is 10.1. The Morgan fingerprint density at radius 3 is 2.86 bits per heavy atom. The van der Waals surface area contributed by atoms with Gasteiger partial charge in [0.2, 0.25) is 5.91 Å². The van der Waals surface area contributed by atoms with Gasteiger partial charge in [-0.1, -0.05) is 25.0 Å². The number of thioether (sulfide) groups is 1. The molecule has 0 aliphatic heterocycles. The van der Waals surface area contributed by atoms with Gasteiger partial charge in [-0.25, -0.2) is 0 Å². The summed E-state index contributed by atoms with van der Waals surface area (Å²) >= 11 is 1.51. The summed E-state index contributed by atoms with van der Waals surface area (Å²) in [4.78, 5) is 22.2. The Balaban J connectivity index is 1.83. The van der Waals surface area contributed by atoms with E-state index in [1.54, 1.807) is 12.1 Å². The summed E-state index contributed by atoms with van der Waals surface area (Å²) in [6.07, 6.45) is 4.55. The van der Waals surface area contributed by atoms with E-state index in [1.165, 1.54) is 30.7 Å². The zero-order valence-electron chi connectivity index (χ0n) is 12.1. The van der Waals surface area contributed by atoms with Gasteiger partial charge in [-0.05, 0) is 25.3 Å². The van der Waals surface area contributed by atoms with Crippen LogP contribution >= 0.6 is 11.8 Å². The highest BCUT2D eigenvalue weighted by Gasteiger charge is 2.18. The minimum absolute atomic E-state index is 0.0548. The van der Waals surface area contributed by atoms with Gasteiger partial charge >= 0.3 is 0 Å². The first-order chi connectivity index (χ1) is 10.1. The summed E-state index contributed by atoms with van der Waals surface area (Å²) in [6, 6.07) is 6.94. The molecule has 2 rings (SSSR count). The van der Waals surface area contributed by atoms with Crippen LogP contribution < -0.4 is 5.32 Å². The second-order valence-corrected chi connectivity index (χ2v) is 6.68. The molecule has 0 aromatic heterocycles. The topological polar surface area (TPSA) is 72.2 Å². The fourth-order valence-electron chi connectivity index (χ4n) is 2.53. The number of rotatable bonds is 6. The lowest BCUT2D eigenvalue weighted by molar-refractivity contribution is -0.384. The Labute approximate surface area is 128 Å². The summed E-state index contributed by atoms with van der Waals surface area (Å²) in [7, 11) is 0. The first-order valence-corrected chi connectivity index (χ1v) is 8.26. The van der Waals surface area contributed by atoms with E-state index < -0.39 is 4.92 Å². The smallest absolute Gasteiger partial charge is 0.269 e. The number of hydrogen-bond acceptors (Lipinski definition) is 4. The van der Waals surface area contributed by atoms with Crippen LogP contribution in [0, 0.1) is 10.1 Å². The van der Waals surface area contributed by atoms with Crippen molar-refractivity contribution in [2.45, 2.75) is 43.9 Å². The summed E-state index contributed by atoms with van der Waals surface area (Å²) in [6.45, 7) is 1.96. The number of nitro groups is 1. The highest BCUT2D eigenvalue weighted by Crippen LogP contribution is 2.30. The summed E-state index contributed by atoms with van der Waals surface area (Å²) in [5.74, 6) is 0.449. The molecule has 1 fully saturated rings. The molecule has 0 radical (unpaired) electrons. The Morgan fingerprint density at radius 2 is 2.19 bits per heavy atom. The third-order valence-corrected chi connectivity index (χ3v) is 4.94. The van der Waals surface area contributed by atoms with Gasteiger partial charge < -0.3 is 5.32 Å². The summed E-state index contributed by atoms with van der Waals surface area (Å²) in [5, 5.41) is 13.9. The molecule has 0 saturated heterocycles. The fraction of sp³-hybridized carbons (Fsp3) is 0.533. The molecular weight excluding hydrogens is 288 g/mol. The van der Waals surface area contributed by atoms with Crippen LogP contribution in [0.5, 0.6) is 0 Å². The fourth-order valence-corrected chi connectivity index (χ4v) is 3.35. The lowest BCUT2D eigenvalue weighted by Crippen LogP contribution is -2.33. The van der Waals surface area contributed by atoms with Crippen LogP contribution in [0.25, 0.3) is 0 Å². The number of benzene rings is 1. The van der Waals surface area contributed by atoms with Crippen LogP contribution in [-0.2, 0) is 4.79 Å². The average Bonchev–Trinajstić information content (AvgIpc) is 2.97. The lowest BCUT2D eigenvalue weighted by Gasteiger charge is -2.14. The number of amides is 1. The van der Waals surface area contributed by atoms with Crippen molar-refractivity contribution < 1.29 is 9.72 Å². The molecule has 1 saturated carbocycles. The van der Waals surface area contributed by atoms with Crippen LogP contribution in [0.4, 0.5) is 5.69 Å². The molecule has 1 aromatic rings. The van der Waals surface area contributed by atoms with E-state index in [1.807, 2.05) is 13.0 Å². The molecule has 1 aromatic carbocycles. The molecule has 5 nitrogen and oxygen atoms in total. The van der Waals surface area contributed by atoms with Crippen LogP contribution in [0.15, 0.2) is 24.3 Å². The minimum atomic E-state index is -0.395. The maximum atomic E-state index is 11.9. The Bertz CT molecular complexity index is 515. The normalized spacial score (nSPS) is 16.6. The summed E-state index contributed by atoms with van der Waals surface area (Å²) < 4.78 is 0. The van der Waals surface area contributed by atoms with E-state index in [0.717, 1.165) is 18.4 Å². The van der Waals surface area contributed by atoms with Crippen molar-refractivity contribution >= 4 is 23.4 Å². The zero-order valence-corrected chi connectivity index (χ0v) is 12.9. The first-order valence-electron chi connectivity index (χ1n) is 7.21. The van der Waals surface area contributed by atoms with Gasteiger partial charge in [-0.3, -0.25) is 14.9 Å². The van der Waals surface area contributed by atoms with E-state index in [0.29, 0.717) is 11.8 Å². The number of hydrogen-bond donors (Lipinski definition) is 1. The number of non-ortho nitro benzene ring substituents is 1. The van der Waals surface area contributed by atoms with Gasteiger partial charge in [0.05, 0.1) is 10.7 Å². The number of nitrogens with one attached hydrogen (secondary N) is 1. The zero-order chi connectivity index (χ0) is 15.2. The van der Waals surface area contributed by atoms with Gasteiger partial charge in [0.15, 0.2) is 0 Å². The molecule has 1 aliphatic carbocycles. The average molecular weight is 308 g/mol. The molecule has 0 spiro atoms. The minimum Gasteiger partial charge on any atom is -0.353 e. The maximum Gasteiger partial charge on any atom is 0.269 e. The molecule has 114 valence electrons. The molecule has 1 atom stereocenters. The molecule has 6 heteroatoms. The molecule has 0 heterocycles. The van der Waals surface area contributed by atoms with Crippen molar-refractivity contribution in [1.29, 1.82) is 0 Å². The van der Waals surface area contributed by atoms with Crippen LogP contribution in [0.3, 0.4) is 0 Å². The van der Waals surface area contributed by atoms with Gasteiger partial charge in [0.1, 0.15) is 0 Å².